The lowest BCUT2D eigenvalue weighted by Crippen LogP contribution is -2.36. The predicted molar refractivity (Wildman–Crippen MR) is 67.7 cm³/mol. The van der Waals surface area contributed by atoms with Crippen LogP contribution in [-0.4, -0.2) is 32.2 Å². The molecule has 1 aromatic carbocycles. The van der Waals surface area contributed by atoms with Gasteiger partial charge in [-0.15, -0.1) is 0 Å². The van der Waals surface area contributed by atoms with Gasteiger partial charge in [0.05, 0.1) is 13.2 Å². The first-order valence-electron chi connectivity index (χ1n) is 5.66. The second-order valence-electron chi connectivity index (χ2n) is 3.93. The highest BCUT2D eigenvalue weighted by Crippen LogP contribution is 2.17. The molecule has 1 heterocycles. The summed E-state index contributed by atoms with van der Waals surface area (Å²) in [5.74, 6) is -0.428. The fourth-order valence-corrected chi connectivity index (χ4v) is 1.80. The van der Waals surface area contributed by atoms with Crippen LogP contribution in [0.3, 0.4) is 0 Å². The molecule has 0 unspecified atom stereocenters. The smallest absolute Gasteiger partial charge is 0.241 e. The van der Waals surface area contributed by atoms with Crippen LogP contribution in [0.1, 0.15) is 5.56 Å². The standard InChI is InChI=1S/C13H16N2O2/c14-13(16)6-3-11-1-4-12(5-2-11)15-7-9-17-10-8-15/h1-6H,7-10H2,(H2,14,16). The highest BCUT2D eigenvalue weighted by atomic mass is 16.5. The molecule has 0 aliphatic carbocycles. The molecule has 90 valence electrons. The van der Waals surface area contributed by atoms with E-state index in [-0.39, 0.29) is 0 Å². The van der Waals surface area contributed by atoms with Gasteiger partial charge in [0.2, 0.25) is 5.91 Å². The van der Waals surface area contributed by atoms with E-state index in [0.717, 1.165) is 31.9 Å². The van der Waals surface area contributed by atoms with E-state index in [9.17, 15) is 4.79 Å². The number of morpholine rings is 1. The molecule has 2 N–H and O–H groups in total. The van der Waals surface area contributed by atoms with E-state index in [1.165, 1.54) is 11.8 Å². The van der Waals surface area contributed by atoms with E-state index >= 15 is 0 Å². The van der Waals surface area contributed by atoms with E-state index in [0.29, 0.717) is 0 Å². The summed E-state index contributed by atoms with van der Waals surface area (Å²) in [6.45, 7) is 3.42. The number of amides is 1. The Morgan fingerprint density at radius 1 is 1.24 bits per heavy atom. The van der Waals surface area contributed by atoms with Crippen LogP contribution in [-0.2, 0) is 9.53 Å². The Bertz CT molecular complexity index is 406. The Hall–Kier alpha value is -1.81. The molecule has 1 fully saturated rings. The van der Waals surface area contributed by atoms with Gasteiger partial charge in [0.15, 0.2) is 0 Å². The van der Waals surface area contributed by atoms with Crippen molar-refractivity contribution in [3.05, 3.63) is 35.9 Å². The molecule has 1 aliphatic heterocycles. The van der Waals surface area contributed by atoms with E-state index in [4.69, 9.17) is 10.5 Å². The predicted octanol–water partition coefficient (Wildman–Crippen LogP) is 1.02. The Labute approximate surface area is 101 Å². The molecule has 4 heteroatoms. The Kier molecular flexibility index (Phi) is 3.77. The van der Waals surface area contributed by atoms with Gasteiger partial charge in [-0.3, -0.25) is 4.79 Å². The lowest BCUT2D eigenvalue weighted by atomic mass is 10.1. The third-order valence-electron chi connectivity index (χ3n) is 2.71. The first-order chi connectivity index (χ1) is 8.25. The molecule has 1 saturated heterocycles. The van der Waals surface area contributed by atoms with Crippen LogP contribution >= 0.6 is 0 Å². The summed E-state index contributed by atoms with van der Waals surface area (Å²) in [5.41, 5.74) is 7.20. The molecule has 1 aromatic rings. The van der Waals surface area contributed by atoms with Gasteiger partial charge >= 0.3 is 0 Å². The average Bonchev–Trinajstić information content (AvgIpc) is 2.38. The molecule has 0 radical (unpaired) electrons. The zero-order valence-corrected chi connectivity index (χ0v) is 9.63. The fourth-order valence-electron chi connectivity index (χ4n) is 1.80. The highest BCUT2D eigenvalue weighted by molar-refractivity contribution is 5.90. The number of anilines is 1. The fraction of sp³-hybridized carbons (Fsp3) is 0.308. The molecule has 2 rings (SSSR count). The van der Waals surface area contributed by atoms with Gasteiger partial charge in [0, 0.05) is 24.9 Å². The van der Waals surface area contributed by atoms with Crippen molar-refractivity contribution in [2.45, 2.75) is 0 Å². The Balaban J connectivity index is 2.04. The van der Waals surface area contributed by atoms with Crippen LogP contribution in [0.4, 0.5) is 5.69 Å². The van der Waals surface area contributed by atoms with Crippen LogP contribution < -0.4 is 10.6 Å². The summed E-state index contributed by atoms with van der Waals surface area (Å²) in [4.78, 5) is 12.9. The summed E-state index contributed by atoms with van der Waals surface area (Å²) in [7, 11) is 0. The minimum atomic E-state index is -0.428. The molecular formula is C13H16N2O2. The number of rotatable bonds is 3. The van der Waals surface area contributed by atoms with E-state index in [1.807, 2.05) is 24.3 Å². The molecule has 1 aliphatic rings. The molecular weight excluding hydrogens is 216 g/mol. The summed E-state index contributed by atoms with van der Waals surface area (Å²) in [6.07, 6.45) is 3.08. The van der Waals surface area contributed by atoms with Gasteiger partial charge in [-0.05, 0) is 23.8 Å². The molecule has 0 aromatic heterocycles. The van der Waals surface area contributed by atoms with Gasteiger partial charge < -0.3 is 15.4 Å². The topological polar surface area (TPSA) is 55.6 Å². The van der Waals surface area contributed by atoms with Crippen LogP contribution in [0, 0.1) is 0 Å². The van der Waals surface area contributed by atoms with E-state index in [2.05, 4.69) is 4.90 Å². The van der Waals surface area contributed by atoms with Gasteiger partial charge in [0.25, 0.3) is 0 Å². The van der Waals surface area contributed by atoms with Gasteiger partial charge in [-0.25, -0.2) is 0 Å². The Morgan fingerprint density at radius 2 is 1.88 bits per heavy atom. The van der Waals surface area contributed by atoms with Crippen molar-refractivity contribution < 1.29 is 9.53 Å². The number of primary amides is 1. The Morgan fingerprint density at radius 3 is 2.47 bits per heavy atom. The van der Waals surface area contributed by atoms with Gasteiger partial charge in [-0.1, -0.05) is 12.1 Å². The maximum absolute atomic E-state index is 10.6. The minimum absolute atomic E-state index is 0.428. The number of benzene rings is 1. The number of nitrogens with two attached hydrogens (primary N) is 1. The highest BCUT2D eigenvalue weighted by Gasteiger charge is 2.10. The molecule has 0 spiro atoms. The van der Waals surface area contributed by atoms with Crippen molar-refractivity contribution in [3.8, 4) is 0 Å². The SMILES string of the molecule is NC(=O)C=Cc1ccc(N2CCOCC2)cc1. The summed E-state index contributed by atoms with van der Waals surface area (Å²) in [5, 5.41) is 0. The van der Waals surface area contributed by atoms with E-state index in [1.54, 1.807) is 6.08 Å². The van der Waals surface area contributed by atoms with Crippen molar-refractivity contribution in [1.82, 2.24) is 0 Å². The van der Waals surface area contributed by atoms with Crippen molar-refractivity contribution >= 4 is 17.7 Å². The molecule has 0 atom stereocenters. The minimum Gasteiger partial charge on any atom is -0.378 e. The maximum Gasteiger partial charge on any atom is 0.241 e. The average molecular weight is 232 g/mol. The third kappa shape index (κ3) is 3.32. The van der Waals surface area contributed by atoms with Crippen molar-refractivity contribution in [2.75, 3.05) is 31.2 Å². The molecule has 1 amide bonds. The number of hydrogen-bond acceptors (Lipinski definition) is 3. The summed E-state index contributed by atoms with van der Waals surface area (Å²) < 4.78 is 5.31. The number of carbonyl (C=O) groups excluding carboxylic acids is 1. The van der Waals surface area contributed by atoms with Gasteiger partial charge in [-0.2, -0.15) is 0 Å². The monoisotopic (exact) mass is 232 g/mol. The first kappa shape index (κ1) is 11.7. The molecule has 0 saturated carbocycles. The largest absolute Gasteiger partial charge is 0.378 e. The zero-order valence-electron chi connectivity index (χ0n) is 9.63. The number of hydrogen-bond donors (Lipinski definition) is 1. The van der Waals surface area contributed by atoms with E-state index < -0.39 is 5.91 Å². The molecule has 17 heavy (non-hydrogen) atoms. The zero-order chi connectivity index (χ0) is 12.1. The maximum atomic E-state index is 10.6. The molecule has 0 bridgehead atoms. The first-order valence-corrected chi connectivity index (χ1v) is 5.66. The van der Waals surface area contributed by atoms with Gasteiger partial charge in [0.1, 0.15) is 0 Å². The van der Waals surface area contributed by atoms with Crippen LogP contribution in [0.5, 0.6) is 0 Å². The third-order valence-corrected chi connectivity index (χ3v) is 2.71. The van der Waals surface area contributed by atoms with Crippen LogP contribution in [0.2, 0.25) is 0 Å². The quantitative estimate of drug-likeness (QED) is 0.792. The normalized spacial score (nSPS) is 16.4. The second kappa shape index (κ2) is 5.50. The number of nitrogens with zero attached hydrogens (tertiary/aromatic N) is 1. The second-order valence-corrected chi connectivity index (χ2v) is 3.93. The van der Waals surface area contributed by atoms with Crippen molar-refractivity contribution in [3.63, 3.8) is 0 Å². The number of ether oxygens (including phenoxy) is 1. The lowest BCUT2D eigenvalue weighted by molar-refractivity contribution is -0.113. The molecule has 4 nitrogen and oxygen atoms in total. The number of carbonyl (C=O) groups is 1. The van der Waals surface area contributed by atoms with Crippen molar-refractivity contribution in [2.24, 2.45) is 5.73 Å². The van der Waals surface area contributed by atoms with Crippen LogP contribution in [0.15, 0.2) is 30.3 Å². The van der Waals surface area contributed by atoms with Crippen molar-refractivity contribution in [1.29, 1.82) is 0 Å². The summed E-state index contributed by atoms with van der Waals surface area (Å²) in [6, 6.07) is 8.05. The summed E-state index contributed by atoms with van der Waals surface area (Å²) >= 11 is 0. The lowest BCUT2D eigenvalue weighted by Gasteiger charge is -2.28. The van der Waals surface area contributed by atoms with Crippen LogP contribution in [0.25, 0.3) is 6.08 Å².